The van der Waals surface area contributed by atoms with Crippen molar-refractivity contribution in [3.05, 3.63) is 0 Å². The highest BCUT2D eigenvalue weighted by Crippen LogP contribution is 1.97. The number of rotatable bonds is 5. The van der Waals surface area contributed by atoms with Gasteiger partial charge in [-0.2, -0.15) is 5.53 Å². The van der Waals surface area contributed by atoms with Crippen LogP contribution in [0.25, 0.3) is 0 Å². The molecule has 1 aliphatic rings. The van der Waals surface area contributed by atoms with Crippen LogP contribution in [0, 0.1) is 0 Å². The number of amides is 1. The van der Waals surface area contributed by atoms with E-state index in [0.717, 1.165) is 19.4 Å². The Labute approximate surface area is 72.0 Å². The summed E-state index contributed by atoms with van der Waals surface area (Å²) in [6.07, 6.45) is 1.92. The van der Waals surface area contributed by atoms with Crippen LogP contribution in [0.2, 0.25) is 0 Å². The van der Waals surface area contributed by atoms with Crippen molar-refractivity contribution in [1.29, 1.82) is 0 Å². The second kappa shape index (κ2) is 4.95. The van der Waals surface area contributed by atoms with Gasteiger partial charge < -0.3 is 4.74 Å². The van der Waals surface area contributed by atoms with Crippen molar-refractivity contribution in [3.8, 4) is 0 Å². The van der Waals surface area contributed by atoms with Crippen molar-refractivity contribution in [2.75, 3.05) is 19.7 Å². The number of nitrogens with zero attached hydrogens (tertiary/aromatic N) is 1. The predicted octanol–water partition coefficient (Wildman–Crippen LogP) is 0.248. The fourth-order valence-corrected chi connectivity index (χ4v) is 0.911. The van der Waals surface area contributed by atoms with Crippen LogP contribution >= 0.6 is 0 Å². The molecule has 0 saturated carbocycles. The van der Waals surface area contributed by atoms with Crippen molar-refractivity contribution < 1.29 is 9.53 Å². The van der Waals surface area contributed by atoms with Gasteiger partial charge in [-0.1, -0.05) is 13.3 Å². The first kappa shape index (κ1) is 9.28. The Morgan fingerprint density at radius 1 is 1.67 bits per heavy atom. The second-order valence-corrected chi connectivity index (χ2v) is 2.66. The van der Waals surface area contributed by atoms with Gasteiger partial charge in [0.2, 0.25) is 0 Å². The Morgan fingerprint density at radius 2 is 2.50 bits per heavy atom. The number of carbonyl (C=O) groups is 1. The number of hydrogen-bond acceptors (Lipinski definition) is 4. The van der Waals surface area contributed by atoms with E-state index in [0.29, 0.717) is 13.2 Å². The Kier molecular flexibility index (Phi) is 3.83. The maximum atomic E-state index is 10.8. The summed E-state index contributed by atoms with van der Waals surface area (Å²) in [5, 5.41) is 1.43. The first-order valence-electron chi connectivity index (χ1n) is 4.27. The normalized spacial score (nSPS) is 16.8. The third-order valence-electron chi connectivity index (χ3n) is 1.63. The minimum atomic E-state index is -0.306. The van der Waals surface area contributed by atoms with E-state index in [-0.39, 0.29) is 6.09 Å². The van der Waals surface area contributed by atoms with Crippen LogP contribution < -0.4 is 11.0 Å². The summed E-state index contributed by atoms with van der Waals surface area (Å²) in [6, 6.07) is 0. The minimum absolute atomic E-state index is 0.306. The molecule has 70 valence electrons. The van der Waals surface area contributed by atoms with E-state index in [9.17, 15) is 4.79 Å². The SMILES string of the molecule is CCCCNNN1CCOC1=O. The van der Waals surface area contributed by atoms with Crippen LogP contribution in [0.1, 0.15) is 19.8 Å². The fraction of sp³-hybridized carbons (Fsp3) is 0.857. The van der Waals surface area contributed by atoms with E-state index in [1.54, 1.807) is 0 Å². The molecule has 12 heavy (non-hydrogen) atoms. The molecule has 1 fully saturated rings. The number of hydrogen-bond donors (Lipinski definition) is 2. The van der Waals surface area contributed by atoms with E-state index in [2.05, 4.69) is 17.9 Å². The Bertz CT molecular complexity index is 152. The molecule has 0 aromatic carbocycles. The third-order valence-corrected chi connectivity index (χ3v) is 1.63. The Hall–Kier alpha value is -0.810. The van der Waals surface area contributed by atoms with Crippen molar-refractivity contribution in [3.63, 3.8) is 0 Å². The largest absolute Gasteiger partial charge is 0.446 e. The minimum Gasteiger partial charge on any atom is -0.446 e. The molecule has 1 amide bonds. The average molecular weight is 173 g/mol. The molecule has 1 rings (SSSR count). The lowest BCUT2D eigenvalue weighted by molar-refractivity contribution is 0.137. The first-order valence-corrected chi connectivity index (χ1v) is 4.27. The topological polar surface area (TPSA) is 53.6 Å². The number of nitrogens with one attached hydrogen (secondary N) is 2. The number of carbonyl (C=O) groups excluding carboxylic acids is 1. The molecular formula is C7H15N3O2. The maximum Gasteiger partial charge on any atom is 0.425 e. The molecule has 1 heterocycles. The molecule has 0 bridgehead atoms. The van der Waals surface area contributed by atoms with Crippen LogP contribution in [0.4, 0.5) is 4.79 Å². The van der Waals surface area contributed by atoms with Crippen LogP contribution in [0.15, 0.2) is 0 Å². The van der Waals surface area contributed by atoms with E-state index >= 15 is 0 Å². The maximum absolute atomic E-state index is 10.8. The van der Waals surface area contributed by atoms with Gasteiger partial charge in [0.15, 0.2) is 0 Å². The van der Waals surface area contributed by atoms with Gasteiger partial charge in [0.25, 0.3) is 0 Å². The van der Waals surface area contributed by atoms with Crippen molar-refractivity contribution in [2.24, 2.45) is 0 Å². The van der Waals surface area contributed by atoms with Crippen LogP contribution in [0.5, 0.6) is 0 Å². The molecule has 0 aromatic rings. The number of unbranched alkanes of at least 4 members (excludes halogenated alkanes) is 1. The molecule has 0 spiro atoms. The molecule has 5 heteroatoms. The van der Waals surface area contributed by atoms with Gasteiger partial charge in [0.05, 0.1) is 6.54 Å². The van der Waals surface area contributed by atoms with Crippen molar-refractivity contribution in [1.82, 2.24) is 16.0 Å². The zero-order valence-electron chi connectivity index (χ0n) is 7.30. The standard InChI is InChI=1S/C7H15N3O2/c1-2-3-4-8-9-10-5-6-12-7(10)11/h8-9H,2-6H2,1H3. The Balaban J connectivity index is 2.02. The average Bonchev–Trinajstić information content (AvgIpc) is 2.46. The van der Waals surface area contributed by atoms with Gasteiger partial charge in [-0.25, -0.2) is 15.2 Å². The molecule has 0 atom stereocenters. The monoisotopic (exact) mass is 173 g/mol. The summed E-state index contributed by atoms with van der Waals surface area (Å²) in [7, 11) is 0. The lowest BCUT2D eigenvalue weighted by atomic mass is 10.3. The van der Waals surface area contributed by atoms with Crippen LogP contribution in [0.3, 0.4) is 0 Å². The smallest absolute Gasteiger partial charge is 0.425 e. The van der Waals surface area contributed by atoms with E-state index in [1.807, 2.05) is 0 Å². The van der Waals surface area contributed by atoms with Crippen LogP contribution in [-0.4, -0.2) is 30.8 Å². The van der Waals surface area contributed by atoms with Gasteiger partial charge in [0.1, 0.15) is 6.61 Å². The quantitative estimate of drug-likeness (QED) is 0.462. The molecule has 0 aliphatic carbocycles. The zero-order valence-corrected chi connectivity index (χ0v) is 7.30. The third kappa shape index (κ3) is 2.67. The molecule has 1 saturated heterocycles. The Morgan fingerprint density at radius 3 is 3.08 bits per heavy atom. The van der Waals surface area contributed by atoms with Gasteiger partial charge in [-0.15, -0.1) is 0 Å². The van der Waals surface area contributed by atoms with E-state index in [1.165, 1.54) is 5.01 Å². The summed E-state index contributed by atoms with van der Waals surface area (Å²) in [5.41, 5.74) is 5.71. The van der Waals surface area contributed by atoms with Crippen LogP contribution in [-0.2, 0) is 4.74 Å². The summed E-state index contributed by atoms with van der Waals surface area (Å²) < 4.78 is 4.71. The number of cyclic esters (lactones) is 1. The summed E-state index contributed by atoms with van der Waals surface area (Å²) in [6.45, 7) is 4.06. The number of ether oxygens (including phenoxy) is 1. The van der Waals surface area contributed by atoms with Crippen molar-refractivity contribution in [2.45, 2.75) is 19.8 Å². The fourth-order valence-electron chi connectivity index (χ4n) is 0.911. The van der Waals surface area contributed by atoms with Gasteiger partial charge in [-0.05, 0) is 6.42 Å². The zero-order chi connectivity index (χ0) is 8.81. The predicted molar refractivity (Wildman–Crippen MR) is 44.1 cm³/mol. The second-order valence-electron chi connectivity index (χ2n) is 2.66. The summed E-state index contributed by atoms with van der Waals surface area (Å²) in [4.78, 5) is 10.8. The molecule has 1 aliphatic heterocycles. The highest BCUT2D eigenvalue weighted by Gasteiger charge is 2.20. The van der Waals surface area contributed by atoms with Gasteiger partial charge in [0, 0.05) is 6.54 Å². The van der Waals surface area contributed by atoms with E-state index < -0.39 is 0 Å². The molecular weight excluding hydrogens is 158 g/mol. The highest BCUT2D eigenvalue weighted by molar-refractivity contribution is 5.68. The molecule has 0 aromatic heterocycles. The lowest BCUT2D eigenvalue weighted by Crippen LogP contribution is -2.47. The lowest BCUT2D eigenvalue weighted by Gasteiger charge is -2.14. The van der Waals surface area contributed by atoms with Gasteiger partial charge in [-0.3, -0.25) is 0 Å². The van der Waals surface area contributed by atoms with E-state index in [4.69, 9.17) is 4.74 Å². The molecule has 5 nitrogen and oxygen atoms in total. The summed E-state index contributed by atoms with van der Waals surface area (Å²) >= 11 is 0. The van der Waals surface area contributed by atoms with Crippen molar-refractivity contribution >= 4 is 6.09 Å². The summed E-state index contributed by atoms with van der Waals surface area (Å²) in [5.74, 6) is 0. The highest BCUT2D eigenvalue weighted by atomic mass is 16.6. The first-order chi connectivity index (χ1) is 5.84. The number of hydrazine groups is 2. The molecule has 0 unspecified atom stereocenters. The molecule has 0 radical (unpaired) electrons. The van der Waals surface area contributed by atoms with Gasteiger partial charge >= 0.3 is 6.09 Å². The molecule has 2 N–H and O–H groups in total.